The molecule has 0 aliphatic carbocycles. The molecule has 120 valence electrons. The molecule has 0 aliphatic heterocycles. The Kier molecular flexibility index (Phi) is 5.98. The molecular formula is C16H21NO5. The first kappa shape index (κ1) is 17.6. The summed E-state index contributed by atoms with van der Waals surface area (Å²) in [4.78, 5) is 22.4. The van der Waals surface area contributed by atoms with Crippen molar-refractivity contribution in [3.05, 3.63) is 28.8 Å². The molecule has 6 heteroatoms. The molecule has 0 atom stereocenters. The highest BCUT2D eigenvalue weighted by atomic mass is 16.5. The van der Waals surface area contributed by atoms with Gasteiger partial charge in [-0.25, -0.2) is 4.79 Å². The molecule has 1 aromatic rings. The molecule has 1 aromatic carbocycles. The molecular weight excluding hydrogens is 286 g/mol. The molecule has 1 rings (SSSR count). The smallest absolute Gasteiger partial charge is 0.330 e. The van der Waals surface area contributed by atoms with Crippen LogP contribution >= 0.6 is 0 Å². The zero-order valence-corrected chi connectivity index (χ0v) is 13.2. The van der Waals surface area contributed by atoms with Gasteiger partial charge in [-0.2, -0.15) is 0 Å². The van der Waals surface area contributed by atoms with Crippen molar-refractivity contribution in [2.45, 2.75) is 26.7 Å². The van der Waals surface area contributed by atoms with Gasteiger partial charge in [-0.3, -0.25) is 4.79 Å². The first-order valence-electron chi connectivity index (χ1n) is 6.77. The maximum Gasteiger partial charge on any atom is 0.330 e. The number of Topliss-reactive ketones (excluding diaryl/α,β-unsaturated/α-hetero) is 1. The molecule has 6 nitrogen and oxygen atoms in total. The second-order valence-electron chi connectivity index (χ2n) is 4.84. The Morgan fingerprint density at radius 3 is 2.36 bits per heavy atom. The third kappa shape index (κ3) is 3.78. The predicted octanol–water partition coefficient (Wildman–Crippen LogP) is 2.45. The topological polar surface area (TPSA) is 98.9 Å². The van der Waals surface area contributed by atoms with Crippen LogP contribution in [0.25, 0.3) is 0 Å². The van der Waals surface area contributed by atoms with Gasteiger partial charge < -0.3 is 20.3 Å². The van der Waals surface area contributed by atoms with Gasteiger partial charge in [0.2, 0.25) is 0 Å². The van der Waals surface area contributed by atoms with E-state index < -0.39 is 5.97 Å². The monoisotopic (exact) mass is 307 g/mol. The number of aliphatic carboxylic acids is 1. The maximum atomic E-state index is 11.6. The fraction of sp³-hybridized carbons (Fsp3) is 0.375. The molecule has 0 aromatic heterocycles. The summed E-state index contributed by atoms with van der Waals surface area (Å²) in [6.07, 6.45) is 2.60. The van der Waals surface area contributed by atoms with Crippen LogP contribution in [-0.2, 0) is 11.2 Å². The summed E-state index contributed by atoms with van der Waals surface area (Å²) in [5.74, 6) is -0.240. The molecule has 0 fully saturated rings. The van der Waals surface area contributed by atoms with Crippen molar-refractivity contribution in [3.8, 4) is 11.5 Å². The van der Waals surface area contributed by atoms with Crippen molar-refractivity contribution in [3.63, 3.8) is 0 Å². The standard InChI is InChI=1S/C16H21NO5/c1-9(16(19)20)6-5-7-11-13(21-3)8-12(10(2)18)14(17)15(11)22-4/h6,8H,5,7,17H2,1-4H3,(H,19,20). The van der Waals surface area contributed by atoms with E-state index in [0.717, 1.165) is 0 Å². The van der Waals surface area contributed by atoms with Crippen molar-refractivity contribution in [1.82, 2.24) is 0 Å². The number of hydrogen-bond donors (Lipinski definition) is 2. The van der Waals surface area contributed by atoms with Crippen LogP contribution in [-0.4, -0.2) is 31.1 Å². The Morgan fingerprint density at radius 2 is 1.91 bits per heavy atom. The number of carboxylic acids is 1. The van der Waals surface area contributed by atoms with Gasteiger partial charge in [0.1, 0.15) is 11.5 Å². The van der Waals surface area contributed by atoms with Gasteiger partial charge in [0.25, 0.3) is 0 Å². The average Bonchev–Trinajstić information content (AvgIpc) is 2.46. The zero-order valence-electron chi connectivity index (χ0n) is 13.2. The van der Waals surface area contributed by atoms with Crippen LogP contribution in [0.15, 0.2) is 17.7 Å². The lowest BCUT2D eigenvalue weighted by atomic mass is 9.99. The highest BCUT2D eigenvalue weighted by molar-refractivity contribution is 6.01. The fourth-order valence-corrected chi connectivity index (χ4v) is 2.16. The van der Waals surface area contributed by atoms with Crippen molar-refractivity contribution < 1.29 is 24.2 Å². The van der Waals surface area contributed by atoms with Gasteiger partial charge >= 0.3 is 5.97 Å². The number of nitrogen functional groups attached to an aromatic ring is 1. The van der Waals surface area contributed by atoms with Crippen LogP contribution in [0, 0.1) is 0 Å². The molecule has 0 spiro atoms. The van der Waals surface area contributed by atoms with Gasteiger partial charge in [0.15, 0.2) is 5.78 Å². The summed E-state index contributed by atoms with van der Waals surface area (Å²) in [5, 5.41) is 8.85. The fourth-order valence-electron chi connectivity index (χ4n) is 2.16. The molecule has 0 radical (unpaired) electrons. The van der Waals surface area contributed by atoms with Crippen molar-refractivity contribution >= 4 is 17.4 Å². The first-order valence-corrected chi connectivity index (χ1v) is 6.77. The summed E-state index contributed by atoms with van der Waals surface area (Å²) in [5.41, 5.74) is 7.58. The van der Waals surface area contributed by atoms with Crippen LogP contribution < -0.4 is 15.2 Å². The Bertz CT molecular complexity index is 619. The van der Waals surface area contributed by atoms with E-state index in [0.29, 0.717) is 35.5 Å². The largest absolute Gasteiger partial charge is 0.496 e. The van der Waals surface area contributed by atoms with Gasteiger partial charge in [-0.15, -0.1) is 0 Å². The van der Waals surface area contributed by atoms with Gasteiger partial charge in [-0.05, 0) is 32.8 Å². The number of ketones is 1. The molecule has 0 bridgehead atoms. The number of ether oxygens (including phenoxy) is 2. The quantitative estimate of drug-likeness (QED) is 0.456. The summed E-state index contributed by atoms with van der Waals surface area (Å²) in [7, 11) is 2.97. The van der Waals surface area contributed by atoms with E-state index in [1.54, 1.807) is 12.1 Å². The highest BCUT2D eigenvalue weighted by Gasteiger charge is 2.19. The van der Waals surface area contributed by atoms with E-state index in [4.69, 9.17) is 20.3 Å². The van der Waals surface area contributed by atoms with Crippen LogP contribution in [0.2, 0.25) is 0 Å². The highest BCUT2D eigenvalue weighted by Crippen LogP contribution is 2.38. The molecule has 0 saturated carbocycles. The Hall–Kier alpha value is -2.50. The number of carbonyl (C=O) groups excluding carboxylic acids is 1. The summed E-state index contributed by atoms with van der Waals surface area (Å²) >= 11 is 0. The Balaban J connectivity index is 3.23. The van der Waals surface area contributed by atoms with E-state index in [1.165, 1.54) is 28.1 Å². The molecule has 22 heavy (non-hydrogen) atoms. The number of carbonyl (C=O) groups is 2. The lowest BCUT2D eigenvalue weighted by Gasteiger charge is -2.17. The lowest BCUT2D eigenvalue weighted by molar-refractivity contribution is -0.132. The maximum absolute atomic E-state index is 11.6. The Morgan fingerprint density at radius 1 is 1.27 bits per heavy atom. The molecule has 0 aliphatic rings. The molecule has 0 unspecified atom stereocenters. The Labute approximate surface area is 129 Å². The number of anilines is 1. The van der Waals surface area contributed by atoms with Gasteiger partial charge in [-0.1, -0.05) is 6.08 Å². The van der Waals surface area contributed by atoms with Gasteiger partial charge in [0.05, 0.1) is 19.9 Å². The number of methoxy groups -OCH3 is 2. The van der Waals surface area contributed by atoms with E-state index in [1.807, 2.05) is 0 Å². The summed E-state index contributed by atoms with van der Waals surface area (Å²) in [6, 6.07) is 1.59. The first-order chi connectivity index (χ1) is 10.3. The normalized spacial score (nSPS) is 11.2. The second kappa shape index (κ2) is 7.49. The van der Waals surface area contributed by atoms with Crippen LogP contribution in [0.1, 0.15) is 36.2 Å². The number of hydrogen-bond acceptors (Lipinski definition) is 5. The van der Waals surface area contributed by atoms with Gasteiger partial charge in [0, 0.05) is 16.7 Å². The van der Waals surface area contributed by atoms with Crippen molar-refractivity contribution in [1.29, 1.82) is 0 Å². The van der Waals surface area contributed by atoms with E-state index in [-0.39, 0.29) is 17.0 Å². The number of carboxylic acid groups (broad SMARTS) is 1. The molecule has 0 amide bonds. The predicted molar refractivity (Wildman–Crippen MR) is 83.7 cm³/mol. The number of benzene rings is 1. The van der Waals surface area contributed by atoms with Crippen LogP contribution in [0.5, 0.6) is 11.5 Å². The number of nitrogens with two attached hydrogens (primary N) is 1. The van der Waals surface area contributed by atoms with E-state index in [9.17, 15) is 9.59 Å². The zero-order chi connectivity index (χ0) is 16.9. The lowest BCUT2D eigenvalue weighted by Crippen LogP contribution is -2.07. The third-order valence-electron chi connectivity index (χ3n) is 3.37. The minimum Gasteiger partial charge on any atom is -0.496 e. The molecule has 3 N–H and O–H groups in total. The molecule has 0 saturated heterocycles. The molecule has 0 heterocycles. The average molecular weight is 307 g/mol. The van der Waals surface area contributed by atoms with Crippen molar-refractivity contribution in [2.24, 2.45) is 0 Å². The summed E-state index contributed by atoms with van der Waals surface area (Å²) < 4.78 is 10.6. The van der Waals surface area contributed by atoms with Crippen molar-refractivity contribution in [2.75, 3.05) is 20.0 Å². The summed E-state index contributed by atoms with van der Waals surface area (Å²) in [6.45, 7) is 2.95. The second-order valence-corrected chi connectivity index (χ2v) is 4.84. The minimum atomic E-state index is -0.953. The number of rotatable bonds is 7. The minimum absolute atomic E-state index is 0.178. The number of allylic oxidation sites excluding steroid dienone is 1. The van der Waals surface area contributed by atoms with E-state index in [2.05, 4.69) is 0 Å². The van der Waals surface area contributed by atoms with Crippen LogP contribution in [0.4, 0.5) is 5.69 Å². The third-order valence-corrected chi connectivity index (χ3v) is 3.37. The van der Waals surface area contributed by atoms with Crippen LogP contribution in [0.3, 0.4) is 0 Å². The van der Waals surface area contributed by atoms with E-state index >= 15 is 0 Å². The SMILES string of the molecule is COc1cc(C(C)=O)c(N)c(OC)c1CCC=C(C)C(=O)O.